The third-order valence-corrected chi connectivity index (χ3v) is 7.98. The number of nitrogens with zero attached hydrogens (tertiary/aromatic N) is 2. The fourth-order valence-corrected chi connectivity index (χ4v) is 5.92. The molecule has 1 aliphatic carbocycles. The summed E-state index contributed by atoms with van der Waals surface area (Å²) in [7, 11) is 1.63. The van der Waals surface area contributed by atoms with E-state index >= 15 is 0 Å². The Morgan fingerprint density at radius 1 is 0.923 bits per heavy atom. The van der Waals surface area contributed by atoms with E-state index in [1.165, 1.54) is 5.69 Å². The van der Waals surface area contributed by atoms with Gasteiger partial charge in [-0.25, -0.2) is 0 Å². The van der Waals surface area contributed by atoms with Crippen molar-refractivity contribution >= 4 is 28.8 Å². The standard InChI is InChI=1S/C33H37N3O3/c1-5-31(38)36-29-11-9-8-10-27(29)34-28-20-24(22-12-16-25(17-13-22)35(6-2)7-3)21-30(37)32(28)33(36)23-14-18-26(39-4)19-15-23/h8-19,24,33-34H,5-7,20-21H2,1-4H3/t24-,33-/m1/s1. The van der Waals surface area contributed by atoms with E-state index in [2.05, 4.69) is 48.3 Å². The lowest BCUT2D eigenvalue weighted by molar-refractivity contribution is -0.119. The van der Waals surface area contributed by atoms with Gasteiger partial charge in [-0.05, 0) is 73.7 Å². The first kappa shape index (κ1) is 26.5. The number of amides is 1. The second-order valence-electron chi connectivity index (χ2n) is 10.1. The number of rotatable bonds is 7. The van der Waals surface area contributed by atoms with Crippen molar-refractivity contribution in [1.29, 1.82) is 0 Å². The number of fused-ring (bicyclic) bond motifs is 1. The number of benzene rings is 3. The quantitative estimate of drug-likeness (QED) is 0.367. The Morgan fingerprint density at radius 3 is 2.23 bits per heavy atom. The van der Waals surface area contributed by atoms with Gasteiger partial charge in [-0.3, -0.25) is 14.5 Å². The van der Waals surface area contributed by atoms with Crippen LogP contribution >= 0.6 is 0 Å². The third-order valence-electron chi connectivity index (χ3n) is 7.98. The van der Waals surface area contributed by atoms with Crippen molar-refractivity contribution in [3.05, 3.63) is 95.2 Å². The highest BCUT2D eigenvalue weighted by Gasteiger charge is 2.41. The topological polar surface area (TPSA) is 61.9 Å². The minimum absolute atomic E-state index is 0.0271. The largest absolute Gasteiger partial charge is 0.497 e. The first-order valence-corrected chi connectivity index (χ1v) is 13.9. The number of Topliss-reactive ketones (excluding diaryl/α,β-unsaturated/α-hetero) is 1. The monoisotopic (exact) mass is 523 g/mol. The Balaban J connectivity index is 1.61. The number of para-hydroxylation sites is 2. The number of carbonyl (C=O) groups is 2. The van der Waals surface area contributed by atoms with E-state index in [1.807, 2.05) is 60.4 Å². The number of allylic oxidation sites excluding steroid dienone is 1. The number of ether oxygens (including phenoxy) is 1. The SMILES string of the molecule is CCC(=O)N1c2ccccc2NC2=C(C(=O)C[C@H](c3ccc(N(CC)CC)cc3)C2)[C@H]1c1ccc(OC)cc1. The minimum Gasteiger partial charge on any atom is -0.497 e. The molecule has 3 aromatic carbocycles. The molecule has 39 heavy (non-hydrogen) atoms. The maximum atomic E-state index is 14.1. The number of ketones is 1. The van der Waals surface area contributed by atoms with Crippen molar-refractivity contribution in [3.63, 3.8) is 0 Å². The molecule has 0 aromatic heterocycles. The van der Waals surface area contributed by atoms with Gasteiger partial charge >= 0.3 is 0 Å². The average Bonchev–Trinajstić information content (AvgIpc) is 3.12. The van der Waals surface area contributed by atoms with Gasteiger partial charge in [-0.15, -0.1) is 0 Å². The fourth-order valence-electron chi connectivity index (χ4n) is 5.92. The van der Waals surface area contributed by atoms with Crippen LogP contribution in [0, 0.1) is 0 Å². The second kappa shape index (κ2) is 11.4. The minimum atomic E-state index is -0.520. The van der Waals surface area contributed by atoms with Crippen LogP contribution in [0.1, 0.15) is 63.1 Å². The van der Waals surface area contributed by atoms with Crippen LogP contribution in [0.4, 0.5) is 17.1 Å². The van der Waals surface area contributed by atoms with E-state index in [-0.39, 0.29) is 17.6 Å². The molecule has 3 aromatic rings. The molecule has 0 radical (unpaired) electrons. The third kappa shape index (κ3) is 5.03. The lowest BCUT2D eigenvalue weighted by atomic mass is 9.78. The second-order valence-corrected chi connectivity index (χ2v) is 10.1. The van der Waals surface area contributed by atoms with Crippen molar-refractivity contribution in [2.75, 3.05) is 35.3 Å². The van der Waals surface area contributed by atoms with Gasteiger partial charge in [0.2, 0.25) is 5.91 Å². The molecule has 0 bridgehead atoms. The maximum absolute atomic E-state index is 14.1. The highest BCUT2D eigenvalue weighted by molar-refractivity contribution is 6.06. The lowest BCUT2D eigenvalue weighted by Crippen LogP contribution is -2.38. The van der Waals surface area contributed by atoms with E-state index in [4.69, 9.17) is 4.74 Å². The van der Waals surface area contributed by atoms with Crippen LogP contribution in [0.15, 0.2) is 84.1 Å². The van der Waals surface area contributed by atoms with Crippen LogP contribution in [0.2, 0.25) is 0 Å². The fraction of sp³-hybridized carbons (Fsp3) is 0.333. The zero-order chi connectivity index (χ0) is 27.5. The molecule has 0 unspecified atom stereocenters. The summed E-state index contributed by atoms with van der Waals surface area (Å²) in [4.78, 5) is 31.7. The van der Waals surface area contributed by atoms with Gasteiger partial charge in [0.1, 0.15) is 5.75 Å². The van der Waals surface area contributed by atoms with Gasteiger partial charge in [0, 0.05) is 42.9 Å². The summed E-state index contributed by atoms with van der Waals surface area (Å²) < 4.78 is 5.39. The van der Waals surface area contributed by atoms with Crippen molar-refractivity contribution < 1.29 is 14.3 Å². The number of hydrogen-bond donors (Lipinski definition) is 1. The number of anilines is 3. The summed E-state index contributed by atoms with van der Waals surface area (Å²) >= 11 is 0. The van der Waals surface area contributed by atoms with E-state index in [9.17, 15) is 9.59 Å². The molecule has 2 aliphatic rings. The molecule has 202 valence electrons. The molecule has 2 atom stereocenters. The molecule has 1 aliphatic heterocycles. The summed E-state index contributed by atoms with van der Waals surface area (Å²) in [6, 6.07) is 23.7. The Bertz CT molecular complexity index is 1370. The molecular formula is C33H37N3O3. The van der Waals surface area contributed by atoms with Crippen LogP contribution in [0.5, 0.6) is 5.75 Å². The number of carbonyl (C=O) groups excluding carboxylic acids is 2. The Kier molecular flexibility index (Phi) is 7.73. The normalized spacial score (nSPS) is 18.6. The molecule has 0 saturated heterocycles. The lowest BCUT2D eigenvalue weighted by Gasteiger charge is -2.35. The van der Waals surface area contributed by atoms with Gasteiger partial charge in [-0.2, -0.15) is 0 Å². The van der Waals surface area contributed by atoms with E-state index in [0.29, 0.717) is 24.8 Å². The Morgan fingerprint density at radius 2 is 1.59 bits per heavy atom. The molecule has 1 amide bonds. The highest BCUT2D eigenvalue weighted by Crippen LogP contribution is 2.47. The van der Waals surface area contributed by atoms with Gasteiger partial charge < -0.3 is 15.0 Å². The summed E-state index contributed by atoms with van der Waals surface area (Å²) in [5.74, 6) is 0.841. The van der Waals surface area contributed by atoms with E-state index in [1.54, 1.807) is 7.11 Å². The molecule has 0 spiro atoms. The first-order valence-electron chi connectivity index (χ1n) is 13.9. The van der Waals surface area contributed by atoms with Crippen LogP contribution < -0.4 is 19.9 Å². The first-order chi connectivity index (χ1) is 19.0. The number of nitrogens with one attached hydrogen (secondary N) is 1. The molecule has 0 fully saturated rings. The van der Waals surface area contributed by atoms with Gasteiger partial charge in [0.05, 0.1) is 24.5 Å². The van der Waals surface area contributed by atoms with Gasteiger partial charge in [0.25, 0.3) is 0 Å². The van der Waals surface area contributed by atoms with Gasteiger partial charge in [0.15, 0.2) is 5.78 Å². The predicted octanol–water partition coefficient (Wildman–Crippen LogP) is 6.85. The number of hydrogen-bond acceptors (Lipinski definition) is 5. The molecule has 6 heteroatoms. The van der Waals surface area contributed by atoms with Crippen LogP contribution in [0.3, 0.4) is 0 Å². The van der Waals surface area contributed by atoms with Crippen molar-refractivity contribution in [1.82, 2.24) is 0 Å². The molecule has 6 nitrogen and oxygen atoms in total. The smallest absolute Gasteiger partial charge is 0.227 e. The molecule has 0 saturated carbocycles. The summed E-state index contributed by atoms with van der Waals surface area (Å²) in [5, 5.41) is 3.60. The van der Waals surface area contributed by atoms with Crippen molar-refractivity contribution in [2.45, 2.75) is 52.0 Å². The van der Waals surface area contributed by atoms with Crippen molar-refractivity contribution in [2.24, 2.45) is 0 Å². The van der Waals surface area contributed by atoms with Crippen molar-refractivity contribution in [3.8, 4) is 5.75 Å². The maximum Gasteiger partial charge on any atom is 0.227 e. The molecular weight excluding hydrogens is 486 g/mol. The van der Waals surface area contributed by atoms with Gasteiger partial charge in [-0.1, -0.05) is 43.3 Å². The predicted molar refractivity (Wildman–Crippen MR) is 158 cm³/mol. The summed E-state index contributed by atoms with van der Waals surface area (Å²) in [5.41, 5.74) is 6.44. The Labute approximate surface area is 231 Å². The highest BCUT2D eigenvalue weighted by atomic mass is 16.5. The summed E-state index contributed by atoms with van der Waals surface area (Å²) in [6.07, 6.45) is 1.43. The van der Waals surface area contributed by atoms with E-state index < -0.39 is 6.04 Å². The molecule has 5 rings (SSSR count). The zero-order valence-electron chi connectivity index (χ0n) is 23.2. The van der Waals surface area contributed by atoms with Crippen LogP contribution in [-0.2, 0) is 9.59 Å². The average molecular weight is 524 g/mol. The summed E-state index contributed by atoms with van der Waals surface area (Å²) in [6.45, 7) is 8.09. The zero-order valence-corrected chi connectivity index (χ0v) is 23.2. The molecule has 1 N–H and O–H groups in total. The number of methoxy groups -OCH3 is 1. The Hall–Kier alpha value is -4.06. The van der Waals surface area contributed by atoms with Crippen LogP contribution in [-0.4, -0.2) is 31.9 Å². The van der Waals surface area contributed by atoms with E-state index in [0.717, 1.165) is 47.0 Å². The molecule has 1 heterocycles. The van der Waals surface area contributed by atoms with Crippen LogP contribution in [0.25, 0.3) is 0 Å².